The number of ether oxygens (including phenoxy) is 1. The molecule has 1 aromatic rings. The number of esters is 1. The van der Waals surface area contributed by atoms with Crippen LogP contribution in [0.25, 0.3) is 0 Å². The molecule has 0 radical (unpaired) electrons. The molecular formula is C14H18O4. The number of carboxylic acid groups (broad SMARTS) is 1. The first-order valence-electron chi connectivity index (χ1n) is 6.07. The van der Waals surface area contributed by atoms with E-state index in [0.29, 0.717) is 13.0 Å². The van der Waals surface area contributed by atoms with Crippen LogP contribution in [0, 0.1) is 0 Å². The van der Waals surface area contributed by atoms with Gasteiger partial charge < -0.3 is 9.84 Å². The minimum absolute atomic E-state index is 0.185. The molecule has 0 aliphatic rings. The molecule has 4 nitrogen and oxygen atoms in total. The van der Waals surface area contributed by atoms with Gasteiger partial charge >= 0.3 is 11.9 Å². The second-order valence-electron chi connectivity index (χ2n) is 4.05. The highest BCUT2D eigenvalue weighted by Crippen LogP contribution is 2.09. The monoisotopic (exact) mass is 250 g/mol. The van der Waals surface area contributed by atoms with Gasteiger partial charge in [-0.1, -0.05) is 24.3 Å². The Morgan fingerprint density at radius 1 is 1.17 bits per heavy atom. The number of carbonyl (C=O) groups is 2. The van der Waals surface area contributed by atoms with E-state index in [1.807, 2.05) is 24.3 Å². The second-order valence-corrected chi connectivity index (χ2v) is 4.05. The van der Waals surface area contributed by atoms with Gasteiger partial charge in [-0.15, -0.1) is 0 Å². The molecule has 18 heavy (non-hydrogen) atoms. The van der Waals surface area contributed by atoms with Crippen molar-refractivity contribution in [1.82, 2.24) is 0 Å². The van der Waals surface area contributed by atoms with Crippen LogP contribution in [0.15, 0.2) is 24.3 Å². The summed E-state index contributed by atoms with van der Waals surface area (Å²) in [6, 6.07) is 7.62. The first-order chi connectivity index (χ1) is 8.61. The number of rotatable bonds is 7. The minimum atomic E-state index is -0.770. The summed E-state index contributed by atoms with van der Waals surface area (Å²) in [5.74, 6) is -0.995. The predicted molar refractivity (Wildman–Crippen MR) is 67.4 cm³/mol. The second kappa shape index (κ2) is 7.48. The van der Waals surface area contributed by atoms with Gasteiger partial charge in [0, 0.05) is 6.42 Å². The van der Waals surface area contributed by atoms with Gasteiger partial charge in [0.05, 0.1) is 13.0 Å². The molecule has 0 fully saturated rings. The van der Waals surface area contributed by atoms with Crippen molar-refractivity contribution in [3.05, 3.63) is 35.4 Å². The molecule has 0 atom stereocenters. The quantitative estimate of drug-likeness (QED) is 0.753. The Labute approximate surface area is 107 Å². The third-order valence-corrected chi connectivity index (χ3v) is 2.53. The maximum absolute atomic E-state index is 11.3. The van der Waals surface area contributed by atoms with Crippen molar-refractivity contribution in [1.29, 1.82) is 0 Å². The molecule has 0 aliphatic carbocycles. The van der Waals surface area contributed by atoms with Gasteiger partial charge in [-0.05, 0) is 30.9 Å². The summed E-state index contributed by atoms with van der Waals surface area (Å²) in [6.45, 7) is 2.18. The average Bonchev–Trinajstić information content (AvgIpc) is 2.31. The van der Waals surface area contributed by atoms with Crippen LogP contribution in [0.2, 0.25) is 0 Å². The van der Waals surface area contributed by atoms with Gasteiger partial charge in [-0.2, -0.15) is 0 Å². The molecule has 4 heteroatoms. The predicted octanol–water partition coefficient (Wildman–Crippen LogP) is 2.20. The van der Waals surface area contributed by atoms with Crippen molar-refractivity contribution >= 4 is 11.9 Å². The molecular weight excluding hydrogens is 232 g/mol. The van der Waals surface area contributed by atoms with E-state index < -0.39 is 5.97 Å². The summed E-state index contributed by atoms with van der Waals surface area (Å²) in [5, 5.41) is 8.53. The van der Waals surface area contributed by atoms with E-state index in [4.69, 9.17) is 9.84 Å². The first kappa shape index (κ1) is 14.2. The fraction of sp³-hybridized carbons (Fsp3) is 0.429. The molecule has 0 unspecified atom stereocenters. The lowest BCUT2D eigenvalue weighted by Gasteiger charge is -2.04. The summed E-state index contributed by atoms with van der Waals surface area (Å²) in [4.78, 5) is 21.6. The van der Waals surface area contributed by atoms with Crippen molar-refractivity contribution in [3.63, 3.8) is 0 Å². The van der Waals surface area contributed by atoms with E-state index in [9.17, 15) is 9.59 Å². The van der Waals surface area contributed by atoms with Crippen LogP contribution in [0.1, 0.15) is 30.9 Å². The number of benzene rings is 1. The van der Waals surface area contributed by atoms with Gasteiger partial charge in [-0.25, -0.2) is 0 Å². The Balaban J connectivity index is 2.42. The largest absolute Gasteiger partial charge is 0.481 e. The van der Waals surface area contributed by atoms with Crippen molar-refractivity contribution in [2.75, 3.05) is 6.61 Å². The SMILES string of the molecule is CCOC(=O)Cc1ccc(CCCC(=O)O)cc1. The summed E-state index contributed by atoms with van der Waals surface area (Å²) < 4.78 is 4.86. The minimum Gasteiger partial charge on any atom is -0.481 e. The van der Waals surface area contributed by atoms with Gasteiger partial charge in [-0.3, -0.25) is 9.59 Å². The third-order valence-electron chi connectivity index (χ3n) is 2.53. The lowest BCUT2D eigenvalue weighted by Crippen LogP contribution is -2.07. The van der Waals surface area contributed by atoms with Crippen LogP contribution in [0.3, 0.4) is 0 Å². The standard InChI is InChI=1S/C14H18O4/c1-2-18-14(17)10-12-8-6-11(7-9-12)4-3-5-13(15)16/h6-9H,2-5,10H2,1H3,(H,15,16). The number of aliphatic carboxylic acids is 1. The topological polar surface area (TPSA) is 63.6 Å². The van der Waals surface area contributed by atoms with Crippen LogP contribution in [-0.2, 0) is 27.2 Å². The summed E-state index contributed by atoms with van der Waals surface area (Å²) in [5.41, 5.74) is 2.00. The Bertz CT molecular complexity index is 395. The normalized spacial score (nSPS) is 10.1. The van der Waals surface area contributed by atoms with Crippen molar-refractivity contribution in [2.45, 2.75) is 32.6 Å². The number of hydrogen-bond donors (Lipinski definition) is 1. The number of aryl methyl sites for hydroxylation is 1. The smallest absolute Gasteiger partial charge is 0.310 e. The molecule has 1 aromatic carbocycles. The zero-order valence-electron chi connectivity index (χ0n) is 10.5. The highest BCUT2D eigenvalue weighted by Gasteiger charge is 2.04. The Kier molecular flexibility index (Phi) is 5.91. The van der Waals surface area contributed by atoms with Gasteiger partial charge in [0.2, 0.25) is 0 Å². The summed E-state index contributed by atoms with van der Waals surface area (Å²) in [7, 11) is 0. The number of carbonyl (C=O) groups excluding carboxylic acids is 1. The van der Waals surface area contributed by atoms with E-state index in [1.165, 1.54) is 0 Å². The molecule has 0 aliphatic heterocycles. The highest BCUT2D eigenvalue weighted by atomic mass is 16.5. The molecule has 0 saturated carbocycles. The van der Waals surface area contributed by atoms with E-state index in [2.05, 4.69) is 0 Å². The Morgan fingerprint density at radius 2 is 1.78 bits per heavy atom. The molecule has 0 spiro atoms. The third kappa shape index (κ3) is 5.48. The molecule has 0 bridgehead atoms. The molecule has 98 valence electrons. The Hall–Kier alpha value is -1.84. The number of hydrogen-bond acceptors (Lipinski definition) is 3. The molecule has 0 saturated heterocycles. The van der Waals surface area contributed by atoms with Gasteiger partial charge in [0.15, 0.2) is 0 Å². The van der Waals surface area contributed by atoms with Crippen LogP contribution in [-0.4, -0.2) is 23.7 Å². The molecule has 0 aromatic heterocycles. The fourth-order valence-corrected chi connectivity index (χ4v) is 1.65. The van der Waals surface area contributed by atoms with E-state index in [1.54, 1.807) is 6.92 Å². The lowest BCUT2D eigenvalue weighted by molar-refractivity contribution is -0.142. The molecule has 0 heterocycles. The fourth-order valence-electron chi connectivity index (χ4n) is 1.65. The molecule has 0 amide bonds. The van der Waals surface area contributed by atoms with E-state index in [-0.39, 0.29) is 18.8 Å². The first-order valence-corrected chi connectivity index (χ1v) is 6.07. The maximum Gasteiger partial charge on any atom is 0.310 e. The summed E-state index contributed by atoms with van der Waals surface area (Å²) in [6.07, 6.45) is 1.84. The molecule has 1 rings (SSSR count). The van der Waals surface area contributed by atoms with Crippen LogP contribution in [0.4, 0.5) is 0 Å². The van der Waals surface area contributed by atoms with Crippen molar-refractivity contribution in [2.24, 2.45) is 0 Å². The Morgan fingerprint density at radius 3 is 2.33 bits per heavy atom. The van der Waals surface area contributed by atoms with Gasteiger partial charge in [0.25, 0.3) is 0 Å². The van der Waals surface area contributed by atoms with E-state index in [0.717, 1.165) is 17.5 Å². The van der Waals surface area contributed by atoms with Crippen molar-refractivity contribution in [3.8, 4) is 0 Å². The van der Waals surface area contributed by atoms with Crippen molar-refractivity contribution < 1.29 is 19.4 Å². The van der Waals surface area contributed by atoms with Crippen LogP contribution < -0.4 is 0 Å². The zero-order valence-corrected chi connectivity index (χ0v) is 10.5. The van der Waals surface area contributed by atoms with Crippen LogP contribution >= 0.6 is 0 Å². The van der Waals surface area contributed by atoms with Gasteiger partial charge in [0.1, 0.15) is 0 Å². The maximum atomic E-state index is 11.3. The van der Waals surface area contributed by atoms with E-state index >= 15 is 0 Å². The average molecular weight is 250 g/mol. The highest BCUT2D eigenvalue weighted by molar-refractivity contribution is 5.72. The summed E-state index contributed by atoms with van der Waals surface area (Å²) >= 11 is 0. The lowest BCUT2D eigenvalue weighted by atomic mass is 10.0. The molecule has 1 N–H and O–H groups in total. The number of carboxylic acids is 1. The zero-order chi connectivity index (χ0) is 13.4. The van der Waals surface area contributed by atoms with Crippen LogP contribution in [0.5, 0.6) is 0 Å².